The van der Waals surface area contributed by atoms with Gasteiger partial charge in [0.15, 0.2) is 0 Å². The van der Waals surface area contributed by atoms with Crippen LogP contribution in [-0.4, -0.2) is 5.91 Å². The van der Waals surface area contributed by atoms with Gasteiger partial charge < -0.3 is 5.32 Å². The maximum absolute atomic E-state index is 11.6. The second kappa shape index (κ2) is 4.83. The largest absolute Gasteiger partial charge is 0.346 e. The highest BCUT2D eigenvalue weighted by Gasteiger charge is 2.07. The number of amides is 1. The summed E-state index contributed by atoms with van der Waals surface area (Å²) in [5, 5.41) is 6.71. The van der Waals surface area contributed by atoms with Gasteiger partial charge in [0.25, 0.3) is 5.91 Å². The first-order valence-electron chi connectivity index (χ1n) is 4.34. The van der Waals surface area contributed by atoms with Crippen molar-refractivity contribution in [3.8, 4) is 0 Å². The van der Waals surface area contributed by atoms with Gasteiger partial charge in [-0.1, -0.05) is 6.07 Å². The first-order chi connectivity index (χ1) is 7.25. The Morgan fingerprint density at radius 3 is 2.93 bits per heavy atom. The number of thiol groups is 1. The third-order valence-electron chi connectivity index (χ3n) is 1.81. The lowest BCUT2D eigenvalue weighted by Gasteiger charge is -2.00. The highest BCUT2D eigenvalue weighted by Crippen LogP contribution is 2.17. The van der Waals surface area contributed by atoms with Crippen molar-refractivity contribution in [3.63, 3.8) is 0 Å². The fraction of sp³-hybridized carbons (Fsp3) is 0.100. The van der Waals surface area contributed by atoms with Crippen LogP contribution in [0.1, 0.15) is 14.5 Å². The summed E-state index contributed by atoms with van der Waals surface area (Å²) >= 11 is 7.21. The summed E-state index contributed by atoms with van der Waals surface area (Å²) in [7, 11) is 0. The monoisotopic (exact) mass is 255 g/mol. The van der Waals surface area contributed by atoms with Crippen LogP contribution in [0.25, 0.3) is 0 Å². The zero-order valence-electron chi connectivity index (χ0n) is 7.77. The first-order valence-corrected chi connectivity index (χ1v) is 6.54. The Morgan fingerprint density at radius 2 is 2.33 bits per heavy atom. The lowest BCUT2D eigenvalue weighted by Crippen LogP contribution is -2.21. The molecule has 0 aliphatic rings. The van der Waals surface area contributed by atoms with E-state index >= 15 is 0 Å². The van der Waals surface area contributed by atoms with Crippen LogP contribution in [0.3, 0.4) is 0 Å². The molecule has 0 aromatic carbocycles. The van der Waals surface area contributed by atoms with Crippen LogP contribution in [0.4, 0.5) is 0 Å². The van der Waals surface area contributed by atoms with Crippen LogP contribution in [0.15, 0.2) is 33.9 Å². The van der Waals surface area contributed by atoms with Gasteiger partial charge in [-0.3, -0.25) is 4.79 Å². The Bertz CT molecular complexity index is 447. The molecule has 2 rings (SSSR count). The molecule has 2 aromatic heterocycles. The Balaban J connectivity index is 1.93. The Hall–Kier alpha value is -0.780. The van der Waals surface area contributed by atoms with Gasteiger partial charge in [0.1, 0.15) is 0 Å². The Labute approximate surface area is 101 Å². The Kier molecular flexibility index (Phi) is 3.45. The number of nitrogens with one attached hydrogen (secondary N) is 1. The summed E-state index contributed by atoms with van der Waals surface area (Å²) in [6.07, 6.45) is 0. The van der Waals surface area contributed by atoms with E-state index in [1.54, 1.807) is 17.4 Å². The van der Waals surface area contributed by atoms with Gasteiger partial charge in [-0.2, -0.15) is 0 Å². The third-order valence-corrected chi connectivity index (χ3v) is 4.05. The van der Waals surface area contributed by atoms with Crippen molar-refractivity contribution >= 4 is 41.2 Å². The van der Waals surface area contributed by atoms with Gasteiger partial charge in [-0.25, -0.2) is 0 Å². The molecule has 0 fully saturated rings. The molecule has 0 saturated carbocycles. The van der Waals surface area contributed by atoms with Crippen LogP contribution in [-0.2, 0) is 6.54 Å². The summed E-state index contributed by atoms with van der Waals surface area (Å²) < 4.78 is 0. The van der Waals surface area contributed by atoms with Crippen LogP contribution < -0.4 is 5.32 Å². The minimum Gasteiger partial charge on any atom is -0.346 e. The predicted octanol–water partition coefficient (Wildman–Crippen LogP) is 3.03. The minimum absolute atomic E-state index is 0.0336. The molecule has 0 unspecified atom stereocenters. The average molecular weight is 255 g/mol. The molecule has 0 saturated heterocycles. The Morgan fingerprint density at radius 1 is 1.47 bits per heavy atom. The van der Waals surface area contributed by atoms with Gasteiger partial charge in [-0.05, 0) is 17.5 Å². The van der Waals surface area contributed by atoms with Gasteiger partial charge in [0.2, 0.25) is 0 Å². The zero-order chi connectivity index (χ0) is 10.7. The van der Waals surface area contributed by atoms with Crippen molar-refractivity contribution in [2.24, 2.45) is 0 Å². The lowest BCUT2D eigenvalue weighted by molar-refractivity contribution is 0.0955. The van der Waals surface area contributed by atoms with Crippen molar-refractivity contribution in [2.75, 3.05) is 0 Å². The number of carbonyl (C=O) groups excluding carboxylic acids is 1. The van der Waals surface area contributed by atoms with Crippen LogP contribution in [0.2, 0.25) is 0 Å². The van der Waals surface area contributed by atoms with E-state index in [4.69, 9.17) is 0 Å². The second-order valence-electron chi connectivity index (χ2n) is 2.93. The summed E-state index contributed by atoms with van der Waals surface area (Å²) in [6, 6.07) is 5.75. The number of hydrogen-bond acceptors (Lipinski definition) is 4. The molecular formula is C10H9NOS3. The molecule has 0 bridgehead atoms. The fourth-order valence-corrected chi connectivity index (χ4v) is 2.82. The van der Waals surface area contributed by atoms with Crippen molar-refractivity contribution in [2.45, 2.75) is 11.4 Å². The van der Waals surface area contributed by atoms with E-state index in [1.807, 2.05) is 22.9 Å². The molecule has 2 heterocycles. The van der Waals surface area contributed by atoms with Crippen LogP contribution >= 0.6 is 35.3 Å². The summed E-state index contributed by atoms with van der Waals surface area (Å²) in [5.74, 6) is -0.0336. The highest BCUT2D eigenvalue weighted by molar-refractivity contribution is 7.80. The maximum Gasteiger partial charge on any atom is 0.261 e. The molecular weight excluding hydrogens is 246 g/mol. The van der Waals surface area contributed by atoms with Gasteiger partial charge in [0, 0.05) is 15.2 Å². The normalized spacial score (nSPS) is 10.2. The molecule has 5 heteroatoms. The standard InChI is InChI=1S/C10H9NOS3/c12-10(9-4-7(13)6-15-9)11-5-8-2-1-3-14-8/h1-4,6,13H,5H2,(H,11,12). The summed E-state index contributed by atoms with van der Waals surface area (Å²) in [4.78, 5) is 14.3. The average Bonchev–Trinajstić information content (AvgIpc) is 2.84. The van der Waals surface area contributed by atoms with Gasteiger partial charge in [-0.15, -0.1) is 35.3 Å². The molecule has 0 aliphatic carbocycles. The number of hydrogen-bond donors (Lipinski definition) is 2. The van der Waals surface area contributed by atoms with Gasteiger partial charge in [0.05, 0.1) is 11.4 Å². The summed E-state index contributed by atoms with van der Waals surface area (Å²) in [6.45, 7) is 0.594. The SMILES string of the molecule is O=C(NCc1cccs1)c1cc(S)cs1. The van der Waals surface area contributed by atoms with E-state index in [-0.39, 0.29) is 5.91 Å². The molecule has 0 atom stereocenters. The molecule has 1 amide bonds. The molecule has 78 valence electrons. The van der Waals surface area contributed by atoms with Crippen molar-refractivity contribution < 1.29 is 4.79 Å². The number of rotatable bonds is 3. The van der Waals surface area contributed by atoms with E-state index in [1.165, 1.54) is 11.3 Å². The smallest absolute Gasteiger partial charge is 0.261 e. The lowest BCUT2D eigenvalue weighted by atomic mass is 10.4. The van der Waals surface area contributed by atoms with E-state index in [0.717, 1.165) is 9.77 Å². The van der Waals surface area contributed by atoms with E-state index in [0.29, 0.717) is 11.4 Å². The zero-order valence-corrected chi connectivity index (χ0v) is 10.3. The highest BCUT2D eigenvalue weighted by atomic mass is 32.1. The molecule has 0 aliphatic heterocycles. The quantitative estimate of drug-likeness (QED) is 0.811. The first kappa shape index (κ1) is 10.7. The third kappa shape index (κ3) is 2.84. The topological polar surface area (TPSA) is 29.1 Å². The van der Waals surface area contributed by atoms with E-state index in [2.05, 4.69) is 17.9 Å². The minimum atomic E-state index is -0.0336. The predicted molar refractivity (Wildman–Crippen MR) is 67.1 cm³/mol. The van der Waals surface area contributed by atoms with Crippen molar-refractivity contribution in [3.05, 3.63) is 38.7 Å². The van der Waals surface area contributed by atoms with Crippen molar-refractivity contribution in [1.29, 1.82) is 0 Å². The van der Waals surface area contributed by atoms with Crippen LogP contribution in [0, 0.1) is 0 Å². The maximum atomic E-state index is 11.6. The van der Waals surface area contributed by atoms with Crippen molar-refractivity contribution in [1.82, 2.24) is 5.32 Å². The van der Waals surface area contributed by atoms with E-state index in [9.17, 15) is 4.79 Å². The van der Waals surface area contributed by atoms with E-state index < -0.39 is 0 Å². The second-order valence-corrected chi connectivity index (χ2v) is 5.39. The molecule has 1 N–H and O–H groups in total. The van der Waals surface area contributed by atoms with Gasteiger partial charge >= 0.3 is 0 Å². The fourth-order valence-electron chi connectivity index (χ4n) is 1.11. The molecule has 0 spiro atoms. The molecule has 0 radical (unpaired) electrons. The molecule has 2 aromatic rings. The number of thiophene rings is 2. The molecule has 15 heavy (non-hydrogen) atoms. The summed E-state index contributed by atoms with van der Waals surface area (Å²) in [5.41, 5.74) is 0. The van der Waals surface area contributed by atoms with Crippen LogP contribution in [0.5, 0.6) is 0 Å². The molecule has 2 nitrogen and oxygen atoms in total. The number of carbonyl (C=O) groups is 1.